The molecule has 0 spiro atoms. The number of nitrogens with one attached hydrogen (secondary N) is 2. The van der Waals surface area contributed by atoms with E-state index in [9.17, 15) is 4.79 Å². The van der Waals surface area contributed by atoms with Gasteiger partial charge in [0.05, 0.1) is 5.69 Å². The molecule has 2 rings (SSSR count). The second-order valence-corrected chi connectivity index (χ2v) is 9.03. The number of carbonyl (C=O) groups is 1. The topological polar surface area (TPSA) is 54.0 Å². The van der Waals surface area contributed by atoms with Gasteiger partial charge in [0, 0.05) is 23.1 Å². The molecule has 0 saturated carbocycles. The van der Waals surface area contributed by atoms with Crippen molar-refractivity contribution < 1.29 is 4.79 Å². The SMILES string of the molecule is CCCCC(CNC(=O)Nc1c(SC)cc(C)nc1SC)c1cc(C)ccc1C. The highest BCUT2D eigenvalue weighted by molar-refractivity contribution is 7.99. The number of benzene rings is 1. The molecule has 4 nitrogen and oxygen atoms in total. The number of urea groups is 1. The Morgan fingerprint density at radius 3 is 2.55 bits per heavy atom. The Kier molecular flexibility index (Phi) is 9.37. The Bertz CT molecular complexity index is 814. The molecule has 1 aromatic heterocycles. The summed E-state index contributed by atoms with van der Waals surface area (Å²) in [6, 6.07) is 8.43. The number of nitrogens with zero attached hydrogens (tertiary/aromatic N) is 1. The van der Waals surface area contributed by atoms with Crippen molar-refractivity contribution >= 4 is 35.2 Å². The van der Waals surface area contributed by atoms with Gasteiger partial charge in [-0.25, -0.2) is 9.78 Å². The number of hydrogen-bond acceptors (Lipinski definition) is 4. The van der Waals surface area contributed by atoms with E-state index in [0.717, 1.165) is 40.6 Å². The molecular weight excluding hydrogens is 398 g/mol. The fourth-order valence-corrected chi connectivity index (χ4v) is 4.74. The number of amides is 2. The zero-order chi connectivity index (χ0) is 21.4. The molecule has 0 aliphatic carbocycles. The highest BCUT2D eigenvalue weighted by atomic mass is 32.2. The van der Waals surface area contributed by atoms with E-state index < -0.39 is 0 Å². The van der Waals surface area contributed by atoms with Gasteiger partial charge in [-0.15, -0.1) is 23.5 Å². The third-order valence-corrected chi connectivity index (χ3v) is 6.46. The molecule has 0 aliphatic rings. The van der Waals surface area contributed by atoms with Crippen LogP contribution in [-0.4, -0.2) is 30.1 Å². The van der Waals surface area contributed by atoms with Crippen LogP contribution in [0.15, 0.2) is 34.2 Å². The molecule has 6 heteroatoms. The molecule has 29 heavy (non-hydrogen) atoms. The predicted molar refractivity (Wildman–Crippen MR) is 128 cm³/mol. The van der Waals surface area contributed by atoms with Gasteiger partial charge in [-0.1, -0.05) is 43.5 Å². The normalized spacial score (nSPS) is 11.9. The van der Waals surface area contributed by atoms with E-state index in [1.54, 1.807) is 23.5 Å². The van der Waals surface area contributed by atoms with Crippen LogP contribution in [0.3, 0.4) is 0 Å². The quantitative estimate of drug-likeness (QED) is 0.442. The Morgan fingerprint density at radius 1 is 1.14 bits per heavy atom. The van der Waals surface area contributed by atoms with E-state index in [2.05, 4.69) is 54.6 Å². The van der Waals surface area contributed by atoms with Crippen LogP contribution < -0.4 is 10.6 Å². The fraction of sp³-hybridized carbons (Fsp3) is 0.478. The van der Waals surface area contributed by atoms with Gasteiger partial charge < -0.3 is 10.6 Å². The van der Waals surface area contributed by atoms with E-state index in [4.69, 9.17) is 0 Å². The van der Waals surface area contributed by atoms with Crippen LogP contribution in [0, 0.1) is 20.8 Å². The van der Waals surface area contributed by atoms with E-state index in [-0.39, 0.29) is 6.03 Å². The summed E-state index contributed by atoms with van der Waals surface area (Å²) in [5.41, 5.74) is 5.64. The maximum atomic E-state index is 12.7. The number of pyridine rings is 1. The highest BCUT2D eigenvalue weighted by Gasteiger charge is 2.17. The van der Waals surface area contributed by atoms with Crippen molar-refractivity contribution in [2.75, 3.05) is 24.4 Å². The standard InChI is InChI=1S/C23H33N3OS2/c1-7-8-9-18(19-12-15(2)10-11-16(19)3)14-24-23(27)26-21-20(28-5)13-17(4)25-22(21)29-6/h10-13,18H,7-9,14H2,1-6H3,(H2,24,26,27). The van der Waals surface area contributed by atoms with Crippen molar-refractivity contribution in [3.05, 3.63) is 46.6 Å². The van der Waals surface area contributed by atoms with Crippen molar-refractivity contribution in [3.8, 4) is 0 Å². The van der Waals surface area contributed by atoms with Crippen LogP contribution in [0.5, 0.6) is 0 Å². The summed E-state index contributed by atoms with van der Waals surface area (Å²) in [6.45, 7) is 9.09. The largest absolute Gasteiger partial charge is 0.337 e. The summed E-state index contributed by atoms with van der Waals surface area (Å²) < 4.78 is 0. The first kappa shape index (κ1) is 23.6. The molecule has 2 aromatic rings. The molecule has 1 aromatic carbocycles. The number of rotatable bonds is 9. The fourth-order valence-electron chi connectivity index (χ4n) is 3.43. The molecule has 2 N–H and O–H groups in total. The van der Waals surface area contributed by atoms with Crippen LogP contribution >= 0.6 is 23.5 Å². The monoisotopic (exact) mass is 431 g/mol. The number of aromatic nitrogens is 1. The van der Waals surface area contributed by atoms with E-state index in [0.29, 0.717) is 12.5 Å². The van der Waals surface area contributed by atoms with Gasteiger partial charge in [0.2, 0.25) is 0 Å². The molecule has 1 unspecified atom stereocenters. The summed E-state index contributed by atoms with van der Waals surface area (Å²) in [5, 5.41) is 7.00. The number of aryl methyl sites for hydroxylation is 3. The van der Waals surface area contributed by atoms with Gasteiger partial charge in [0.1, 0.15) is 5.03 Å². The van der Waals surface area contributed by atoms with Crippen LogP contribution in [0.1, 0.15) is 54.5 Å². The lowest BCUT2D eigenvalue weighted by atomic mass is 9.89. The molecule has 1 heterocycles. The minimum Gasteiger partial charge on any atom is -0.337 e. The zero-order valence-corrected chi connectivity index (χ0v) is 20.0. The Balaban J connectivity index is 2.14. The summed E-state index contributed by atoms with van der Waals surface area (Å²) in [6.07, 6.45) is 7.37. The smallest absolute Gasteiger partial charge is 0.319 e. The van der Waals surface area contributed by atoms with E-state index in [1.165, 1.54) is 16.7 Å². The van der Waals surface area contributed by atoms with Gasteiger partial charge >= 0.3 is 6.03 Å². The van der Waals surface area contributed by atoms with Crippen molar-refractivity contribution in [2.24, 2.45) is 0 Å². The third kappa shape index (κ3) is 6.68. The average molecular weight is 432 g/mol. The number of hydrogen-bond donors (Lipinski definition) is 2. The van der Waals surface area contributed by atoms with Gasteiger partial charge in [-0.3, -0.25) is 0 Å². The minimum atomic E-state index is -0.173. The lowest BCUT2D eigenvalue weighted by Gasteiger charge is -2.21. The molecule has 1 atom stereocenters. The lowest BCUT2D eigenvalue weighted by Crippen LogP contribution is -2.33. The van der Waals surface area contributed by atoms with Crippen LogP contribution in [0.25, 0.3) is 0 Å². The van der Waals surface area contributed by atoms with Crippen molar-refractivity contribution in [3.63, 3.8) is 0 Å². The third-order valence-electron chi connectivity index (χ3n) is 5.02. The van der Waals surface area contributed by atoms with Gasteiger partial charge in [-0.2, -0.15) is 0 Å². The summed E-state index contributed by atoms with van der Waals surface area (Å²) in [7, 11) is 0. The van der Waals surface area contributed by atoms with Crippen LogP contribution in [0.2, 0.25) is 0 Å². The number of anilines is 1. The summed E-state index contributed by atoms with van der Waals surface area (Å²) in [5.74, 6) is 0.316. The number of unbranched alkanes of at least 4 members (excludes halogenated alkanes) is 1. The molecule has 0 radical (unpaired) electrons. The number of carbonyl (C=O) groups excluding carboxylic acids is 1. The summed E-state index contributed by atoms with van der Waals surface area (Å²) >= 11 is 3.17. The lowest BCUT2D eigenvalue weighted by molar-refractivity contribution is 0.251. The minimum absolute atomic E-state index is 0.173. The van der Waals surface area contributed by atoms with Crippen LogP contribution in [0.4, 0.5) is 10.5 Å². The Hall–Kier alpha value is -1.66. The highest BCUT2D eigenvalue weighted by Crippen LogP contribution is 2.33. The van der Waals surface area contributed by atoms with Gasteiger partial charge in [-0.05, 0) is 56.9 Å². The van der Waals surface area contributed by atoms with Crippen molar-refractivity contribution in [2.45, 2.75) is 62.8 Å². The Morgan fingerprint density at radius 2 is 1.90 bits per heavy atom. The second-order valence-electron chi connectivity index (χ2n) is 7.38. The second kappa shape index (κ2) is 11.5. The maximum absolute atomic E-state index is 12.7. The molecule has 0 bridgehead atoms. The molecular formula is C23H33N3OS2. The van der Waals surface area contributed by atoms with Crippen molar-refractivity contribution in [1.29, 1.82) is 0 Å². The summed E-state index contributed by atoms with van der Waals surface area (Å²) in [4.78, 5) is 18.3. The van der Waals surface area contributed by atoms with Crippen molar-refractivity contribution in [1.82, 2.24) is 10.3 Å². The molecule has 0 aliphatic heterocycles. The van der Waals surface area contributed by atoms with Gasteiger partial charge in [0.25, 0.3) is 0 Å². The first-order valence-corrected chi connectivity index (χ1v) is 12.6. The van der Waals surface area contributed by atoms with Crippen LogP contribution in [-0.2, 0) is 0 Å². The number of thioether (sulfide) groups is 2. The molecule has 0 saturated heterocycles. The molecule has 0 fully saturated rings. The van der Waals surface area contributed by atoms with E-state index >= 15 is 0 Å². The van der Waals surface area contributed by atoms with E-state index in [1.807, 2.05) is 25.5 Å². The molecule has 2 amide bonds. The average Bonchev–Trinajstić information content (AvgIpc) is 2.71. The van der Waals surface area contributed by atoms with Gasteiger partial charge in [0.15, 0.2) is 0 Å². The Labute approximate surface area is 184 Å². The predicted octanol–water partition coefficient (Wildman–Crippen LogP) is 6.55. The zero-order valence-electron chi connectivity index (χ0n) is 18.4. The first-order valence-electron chi connectivity index (χ1n) is 10.1. The maximum Gasteiger partial charge on any atom is 0.319 e. The first-order chi connectivity index (χ1) is 13.9. The molecule has 158 valence electrons.